The van der Waals surface area contributed by atoms with Gasteiger partial charge < -0.3 is 4.74 Å². The molecule has 2 aromatic rings. The average molecular weight is 241 g/mol. The number of hydrogen-bond donors (Lipinski definition) is 0. The topological polar surface area (TPSA) is 67.4 Å². The summed E-state index contributed by atoms with van der Waals surface area (Å²) in [6, 6.07) is 5.52. The molecule has 0 aliphatic heterocycles. The molecule has 0 saturated carbocycles. The van der Waals surface area contributed by atoms with E-state index in [9.17, 15) is 4.79 Å². The number of rotatable bonds is 3. The van der Waals surface area contributed by atoms with Crippen molar-refractivity contribution < 1.29 is 9.53 Å². The number of esters is 1. The Kier molecular flexibility index (Phi) is 3.39. The molecule has 0 amide bonds. The molecule has 2 heterocycles. The largest absolute Gasteiger partial charge is 0.461 e. The van der Waals surface area contributed by atoms with Gasteiger partial charge in [-0.15, -0.1) is 0 Å². The van der Waals surface area contributed by atoms with Gasteiger partial charge in [-0.1, -0.05) is 0 Å². The minimum Gasteiger partial charge on any atom is -0.461 e. The van der Waals surface area contributed by atoms with Crippen molar-refractivity contribution >= 4 is 17.7 Å². The van der Waals surface area contributed by atoms with Gasteiger partial charge in [0, 0.05) is 12.3 Å². The van der Waals surface area contributed by atoms with Gasteiger partial charge in [-0.2, -0.15) is 5.26 Å². The standard InChI is InChI=1S/C13H11N3O2/c1-2-18-13(17)11-8-15-12-6-5-10(4-3-7-14)9-16(11)12/h3-6,8-9H,2H2,1H3. The van der Waals surface area contributed by atoms with Crippen LogP contribution < -0.4 is 0 Å². The fraction of sp³-hybridized carbons (Fsp3) is 0.154. The lowest BCUT2D eigenvalue weighted by atomic mass is 10.2. The summed E-state index contributed by atoms with van der Waals surface area (Å²) in [5, 5.41) is 8.48. The van der Waals surface area contributed by atoms with Crippen molar-refractivity contribution in [1.82, 2.24) is 9.38 Å². The second-order valence-corrected chi connectivity index (χ2v) is 3.52. The zero-order valence-electron chi connectivity index (χ0n) is 9.83. The molecule has 0 unspecified atom stereocenters. The second kappa shape index (κ2) is 5.15. The normalized spacial score (nSPS) is 10.7. The van der Waals surface area contributed by atoms with Gasteiger partial charge in [0.2, 0.25) is 0 Å². The number of ether oxygens (including phenoxy) is 1. The van der Waals surface area contributed by atoms with Crippen molar-refractivity contribution in [1.29, 1.82) is 5.26 Å². The molecule has 90 valence electrons. The Hall–Kier alpha value is -2.61. The van der Waals surface area contributed by atoms with Gasteiger partial charge in [0.1, 0.15) is 5.65 Å². The van der Waals surface area contributed by atoms with Crippen molar-refractivity contribution in [2.45, 2.75) is 6.92 Å². The average Bonchev–Trinajstić information content (AvgIpc) is 2.79. The lowest BCUT2D eigenvalue weighted by Gasteiger charge is -2.02. The number of hydrogen-bond acceptors (Lipinski definition) is 4. The van der Waals surface area contributed by atoms with Crippen LogP contribution in [0.2, 0.25) is 0 Å². The molecule has 0 saturated heterocycles. The number of fused-ring (bicyclic) bond motifs is 1. The van der Waals surface area contributed by atoms with Crippen molar-refractivity contribution in [3.05, 3.63) is 41.9 Å². The van der Waals surface area contributed by atoms with Crippen LogP contribution in [0.1, 0.15) is 23.0 Å². The molecule has 2 rings (SSSR count). The third kappa shape index (κ3) is 2.23. The van der Waals surface area contributed by atoms with Crippen LogP contribution in [0.3, 0.4) is 0 Å². The summed E-state index contributed by atoms with van der Waals surface area (Å²) >= 11 is 0. The van der Waals surface area contributed by atoms with E-state index >= 15 is 0 Å². The van der Waals surface area contributed by atoms with Gasteiger partial charge >= 0.3 is 5.97 Å². The molecular weight excluding hydrogens is 230 g/mol. The lowest BCUT2D eigenvalue weighted by Crippen LogP contribution is -2.07. The van der Waals surface area contributed by atoms with E-state index in [0.717, 1.165) is 5.56 Å². The Morgan fingerprint density at radius 2 is 2.44 bits per heavy atom. The molecule has 0 fully saturated rings. The van der Waals surface area contributed by atoms with Gasteiger partial charge in [0.05, 0.1) is 18.9 Å². The van der Waals surface area contributed by atoms with E-state index < -0.39 is 5.97 Å². The van der Waals surface area contributed by atoms with Crippen molar-refractivity contribution in [3.63, 3.8) is 0 Å². The Bertz CT molecular complexity index is 650. The molecule has 0 aliphatic carbocycles. The van der Waals surface area contributed by atoms with Crippen molar-refractivity contribution in [3.8, 4) is 6.07 Å². The van der Waals surface area contributed by atoms with Gasteiger partial charge in [-0.3, -0.25) is 4.40 Å². The fourth-order valence-corrected chi connectivity index (χ4v) is 1.59. The van der Waals surface area contributed by atoms with Crippen LogP contribution >= 0.6 is 0 Å². The monoisotopic (exact) mass is 241 g/mol. The first-order valence-electron chi connectivity index (χ1n) is 5.46. The van der Waals surface area contributed by atoms with E-state index in [1.54, 1.807) is 29.7 Å². The molecule has 0 aromatic carbocycles. The van der Waals surface area contributed by atoms with E-state index in [4.69, 9.17) is 10.00 Å². The van der Waals surface area contributed by atoms with Crippen molar-refractivity contribution in [2.75, 3.05) is 6.61 Å². The molecule has 0 N–H and O–H groups in total. The molecule has 0 aliphatic rings. The van der Waals surface area contributed by atoms with Crippen LogP contribution in [-0.2, 0) is 4.74 Å². The van der Waals surface area contributed by atoms with Gasteiger partial charge in [0.25, 0.3) is 0 Å². The highest BCUT2D eigenvalue weighted by atomic mass is 16.5. The molecule has 2 aromatic heterocycles. The first-order chi connectivity index (χ1) is 8.76. The number of nitriles is 1. The van der Waals surface area contributed by atoms with Crippen LogP contribution in [0.4, 0.5) is 0 Å². The van der Waals surface area contributed by atoms with Gasteiger partial charge in [0.15, 0.2) is 5.69 Å². The van der Waals surface area contributed by atoms with Crippen LogP contribution in [0, 0.1) is 11.3 Å². The number of aromatic nitrogens is 2. The summed E-state index contributed by atoms with van der Waals surface area (Å²) in [5.41, 5.74) is 1.85. The Morgan fingerprint density at radius 3 is 3.17 bits per heavy atom. The second-order valence-electron chi connectivity index (χ2n) is 3.52. The maximum atomic E-state index is 11.7. The smallest absolute Gasteiger partial charge is 0.356 e. The zero-order chi connectivity index (χ0) is 13.0. The fourth-order valence-electron chi connectivity index (χ4n) is 1.59. The minimum atomic E-state index is -0.411. The molecule has 0 radical (unpaired) electrons. The SMILES string of the molecule is CCOC(=O)c1cnc2ccc(C=CC#N)cn12. The maximum Gasteiger partial charge on any atom is 0.356 e. The number of imidazole rings is 1. The quantitative estimate of drug-likeness (QED) is 0.609. The summed E-state index contributed by atoms with van der Waals surface area (Å²) in [6.45, 7) is 2.07. The maximum absolute atomic E-state index is 11.7. The third-order valence-electron chi connectivity index (χ3n) is 2.36. The summed E-state index contributed by atoms with van der Waals surface area (Å²) < 4.78 is 6.59. The molecule has 0 spiro atoms. The number of carbonyl (C=O) groups is 1. The highest BCUT2D eigenvalue weighted by Gasteiger charge is 2.12. The lowest BCUT2D eigenvalue weighted by molar-refractivity contribution is 0.0518. The highest BCUT2D eigenvalue weighted by Crippen LogP contribution is 2.11. The van der Waals surface area contributed by atoms with E-state index in [2.05, 4.69) is 4.98 Å². The molecule has 18 heavy (non-hydrogen) atoms. The molecule has 0 bridgehead atoms. The van der Waals surface area contributed by atoms with Crippen LogP contribution in [0.15, 0.2) is 30.6 Å². The van der Waals surface area contributed by atoms with Gasteiger partial charge in [-0.25, -0.2) is 9.78 Å². The first-order valence-corrected chi connectivity index (χ1v) is 5.46. The Labute approximate surface area is 104 Å². The van der Waals surface area contributed by atoms with Crippen molar-refractivity contribution in [2.24, 2.45) is 0 Å². The number of carbonyl (C=O) groups excluding carboxylic acids is 1. The predicted molar refractivity (Wildman–Crippen MR) is 65.8 cm³/mol. The Morgan fingerprint density at radius 1 is 1.61 bits per heavy atom. The van der Waals surface area contributed by atoms with E-state index in [1.165, 1.54) is 12.3 Å². The Balaban J connectivity index is 2.47. The van der Waals surface area contributed by atoms with Crippen LogP contribution in [0.25, 0.3) is 11.7 Å². The van der Waals surface area contributed by atoms with Gasteiger partial charge in [-0.05, 0) is 30.7 Å². The molecule has 5 heteroatoms. The van der Waals surface area contributed by atoms with E-state index in [1.807, 2.05) is 12.1 Å². The molecule has 0 atom stereocenters. The first kappa shape index (κ1) is 11.9. The minimum absolute atomic E-state index is 0.320. The molecular formula is C13H11N3O2. The van der Waals surface area contributed by atoms with E-state index in [-0.39, 0.29) is 0 Å². The number of allylic oxidation sites excluding steroid dienone is 1. The summed E-state index contributed by atoms with van der Waals surface area (Å²) in [4.78, 5) is 15.8. The summed E-state index contributed by atoms with van der Waals surface area (Å²) in [5.74, 6) is -0.411. The van der Waals surface area contributed by atoms with E-state index in [0.29, 0.717) is 17.9 Å². The number of nitrogens with zero attached hydrogens (tertiary/aromatic N) is 3. The molecule has 5 nitrogen and oxygen atoms in total. The summed E-state index contributed by atoms with van der Waals surface area (Å²) in [7, 11) is 0. The number of pyridine rings is 1. The summed E-state index contributed by atoms with van der Waals surface area (Å²) in [6.07, 6.45) is 6.25. The highest BCUT2D eigenvalue weighted by molar-refractivity contribution is 5.88. The zero-order valence-corrected chi connectivity index (χ0v) is 9.83. The van der Waals surface area contributed by atoms with Crippen LogP contribution in [0.5, 0.6) is 0 Å². The predicted octanol–water partition coefficient (Wildman–Crippen LogP) is 2.05. The van der Waals surface area contributed by atoms with Crippen LogP contribution in [-0.4, -0.2) is 22.0 Å². The third-order valence-corrected chi connectivity index (χ3v) is 2.36.